The first-order chi connectivity index (χ1) is 8.43. The lowest BCUT2D eigenvalue weighted by Crippen LogP contribution is -2.43. The summed E-state index contributed by atoms with van der Waals surface area (Å²) in [6, 6.07) is 0.373. The molecule has 1 heterocycles. The number of thiazole rings is 1. The van der Waals surface area contributed by atoms with E-state index in [4.69, 9.17) is 17.0 Å². The minimum Gasteiger partial charge on any atom is -0.383 e. The lowest BCUT2D eigenvalue weighted by molar-refractivity contribution is 0.179. The van der Waals surface area contributed by atoms with Gasteiger partial charge in [0.1, 0.15) is 0 Å². The topological polar surface area (TPSA) is 46.2 Å². The predicted octanol–water partition coefficient (Wildman–Crippen LogP) is 2.32. The molecule has 2 unspecified atom stereocenters. The summed E-state index contributed by atoms with van der Waals surface area (Å²) < 4.78 is 5.06. The van der Waals surface area contributed by atoms with Crippen LogP contribution in [0.1, 0.15) is 35.5 Å². The molecule has 1 aromatic heterocycles. The number of thiocarbonyl (C=S) groups is 1. The first-order valence-electron chi connectivity index (χ1n) is 5.94. The molecule has 0 aliphatic rings. The van der Waals surface area contributed by atoms with E-state index in [9.17, 15) is 0 Å². The van der Waals surface area contributed by atoms with E-state index in [1.165, 1.54) is 4.88 Å². The summed E-state index contributed by atoms with van der Waals surface area (Å²) in [4.78, 5) is 5.66. The van der Waals surface area contributed by atoms with E-state index in [1.807, 2.05) is 20.8 Å². The van der Waals surface area contributed by atoms with Gasteiger partial charge in [0.25, 0.3) is 0 Å². The average molecular weight is 287 g/mol. The number of methoxy groups -OCH3 is 1. The molecule has 0 saturated heterocycles. The van der Waals surface area contributed by atoms with Crippen molar-refractivity contribution in [3.05, 3.63) is 15.6 Å². The van der Waals surface area contributed by atoms with Crippen molar-refractivity contribution < 1.29 is 4.74 Å². The second kappa shape index (κ2) is 7.01. The molecule has 18 heavy (non-hydrogen) atoms. The van der Waals surface area contributed by atoms with Gasteiger partial charge in [0.05, 0.1) is 23.4 Å². The maximum Gasteiger partial charge on any atom is 0.167 e. The SMILES string of the molecule is COCC(C)NC(=S)NC(C)c1sc(C)nc1C. The highest BCUT2D eigenvalue weighted by atomic mass is 32.1. The summed E-state index contributed by atoms with van der Waals surface area (Å²) in [6.07, 6.45) is 0. The van der Waals surface area contributed by atoms with Crippen LogP contribution in [0.15, 0.2) is 0 Å². The number of aryl methyl sites for hydroxylation is 2. The van der Waals surface area contributed by atoms with Crippen molar-refractivity contribution >= 4 is 28.7 Å². The van der Waals surface area contributed by atoms with Crippen LogP contribution in [0, 0.1) is 13.8 Å². The maximum absolute atomic E-state index is 5.28. The predicted molar refractivity (Wildman–Crippen MR) is 80.2 cm³/mol. The van der Waals surface area contributed by atoms with Crippen LogP contribution >= 0.6 is 23.6 Å². The van der Waals surface area contributed by atoms with Gasteiger partial charge in [-0.2, -0.15) is 0 Å². The molecule has 0 spiro atoms. The van der Waals surface area contributed by atoms with Gasteiger partial charge in [0.2, 0.25) is 0 Å². The molecule has 1 rings (SSSR count). The van der Waals surface area contributed by atoms with Crippen molar-refractivity contribution in [1.29, 1.82) is 0 Å². The molecule has 4 nitrogen and oxygen atoms in total. The minimum atomic E-state index is 0.172. The average Bonchev–Trinajstić information content (AvgIpc) is 2.57. The number of hydrogen-bond acceptors (Lipinski definition) is 4. The Hall–Kier alpha value is -0.720. The van der Waals surface area contributed by atoms with Crippen molar-refractivity contribution in [3.63, 3.8) is 0 Å². The Morgan fingerprint density at radius 2 is 2.06 bits per heavy atom. The zero-order chi connectivity index (χ0) is 13.7. The van der Waals surface area contributed by atoms with Gasteiger partial charge in [-0.05, 0) is 39.9 Å². The van der Waals surface area contributed by atoms with E-state index in [-0.39, 0.29) is 12.1 Å². The monoisotopic (exact) mass is 287 g/mol. The van der Waals surface area contributed by atoms with Crippen LogP contribution in [0.4, 0.5) is 0 Å². The first kappa shape index (κ1) is 15.3. The van der Waals surface area contributed by atoms with Gasteiger partial charge in [-0.3, -0.25) is 0 Å². The summed E-state index contributed by atoms with van der Waals surface area (Å²) >= 11 is 6.99. The van der Waals surface area contributed by atoms with Crippen molar-refractivity contribution in [2.24, 2.45) is 0 Å². The molecule has 102 valence electrons. The Kier molecular flexibility index (Phi) is 5.98. The molecule has 2 N–H and O–H groups in total. The lowest BCUT2D eigenvalue weighted by atomic mass is 10.2. The smallest absolute Gasteiger partial charge is 0.167 e. The van der Waals surface area contributed by atoms with Gasteiger partial charge >= 0.3 is 0 Å². The van der Waals surface area contributed by atoms with Crippen LogP contribution in [0.2, 0.25) is 0 Å². The van der Waals surface area contributed by atoms with Crippen LogP contribution in [0.5, 0.6) is 0 Å². The second-order valence-corrected chi connectivity index (χ2v) is 6.02. The molecular weight excluding hydrogens is 266 g/mol. The fraction of sp³-hybridized carbons (Fsp3) is 0.667. The fourth-order valence-corrected chi connectivity index (χ4v) is 3.08. The molecule has 6 heteroatoms. The molecule has 0 radical (unpaired) electrons. The van der Waals surface area contributed by atoms with E-state index in [2.05, 4.69) is 22.5 Å². The summed E-state index contributed by atoms with van der Waals surface area (Å²) in [7, 11) is 1.68. The molecule has 0 fully saturated rings. The van der Waals surface area contributed by atoms with E-state index >= 15 is 0 Å². The van der Waals surface area contributed by atoms with Crippen molar-refractivity contribution in [3.8, 4) is 0 Å². The molecule has 0 aliphatic carbocycles. The zero-order valence-corrected chi connectivity index (χ0v) is 13.2. The molecule has 0 amide bonds. The highest BCUT2D eigenvalue weighted by Gasteiger charge is 2.14. The molecule has 0 aliphatic heterocycles. The van der Waals surface area contributed by atoms with Gasteiger partial charge < -0.3 is 15.4 Å². The highest BCUT2D eigenvalue weighted by molar-refractivity contribution is 7.80. The van der Waals surface area contributed by atoms with Crippen LogP contribution in [0.25, 0.3) is 0 Å². The van der Waals surface area contributed by atoms with Crippen molar-refractivity contribution in [1.82, 2.24) is 15.6 Å². The molecule has 0 aromatic carbocycles. The molecule has 2 atom stereocenters. The van der Waals surface area contributed by atoms with Crippen LogP contribution in [-0.4, -0.2) is 29.9 Å². The van der Waals surface area contributed by atoms with Crippen molar-refractivity contribution in [2.75, 3.05) is 13.7 Å². The fourth-order valence-electron chi connectivity index (χ4n) is 1.77. The van der Waals surface area contributed by atoms with Gasteiger partial charge in [-0.15, -0.1) is 11.3 Å². The van der Waals surface area contributed by atoms with Gasteiger partial charge in [0, 0.05) is 18.0 Å². The number of rotatable bonds is 5. The zero-order valence-electron chi connectivity index (χ0n) is 11.5. The Morgan fingerprint density at radius 1 is 1.39 bits per heavy atom. The van der Waals surface area contributed by atoms with E-state index < -0.39 is 0 Å². The number of nitrogens with one attached hydrogen (secondary N) is 2. The first-order valence-corrected chi connectivity index (χ1v) is 7.16. The van der Waals surface area contributed by atoms with E-state index in [0.717, 1.165) is 10.7 Å². The number of nitrogens with zero attached hydrogens (tertiary/aromatic N) is 1. The molecule has 0 saturated carbocycles. The highest BCUT2D eigenvalue weighted by Crippen LogP contribution is 2.24. The van der Waals surface area contributed by atoms with Gasteiger partial charge in [0.15, 0.2) is 5.11 Å². The van der Waals surface area contributed by atoms with Gasteiger partial charge in [-0.25, -0.2) is 4.98 Å². The molecule has 0 bridgehead atoms. The third-order valence-electron chi connectivity index (χ3n) is 2.47. The normalized spacial score (nSPS) is 14.1. The largest absolute Gasteiger partial charge is 0.383 e. The summed E-state index contributed by atoms with van der Waals surface area (Å²) in [5.41, 5.74) is 1.07. The Balaban J connectivity index is 2.52. The summed E-state index contributed by atoms with van der Waals surface area (Å²) in [6.45, 7) is 8.81. The Bertz CT molecular complexity index is 406. The summed E-state index contributed by atoms with van der Waals surface area (Å²) in [5, 5.41) is 8.20. The minimum absolute atomic E-state index is 0.172. The number of aromatic nitrogens is 1. The van der Waals surface area contributed by atoms with Crippen LogP contribution in [-0.2, 0) is 4.74 Å². The number of ether oxygens (including phenoxy) is 1. The third-order valence-corrected chi connectivity index (χ3v) is 3.97. The van der Waals surface area contributed by atoms with E-state index in [0.29, 0.717) is 11.7 Å². The second-order valence-electron chi connectivity index (χ2n) is 4.38. The molecular formula is C12H21N3OS2. The van der Waals surface area contributed by atoms with Crippen LogP contribution < -0.4 is 10.6 Å². The summed E-state index contributed by atoms with van der Waals surface area (Å²) in [5.74, 6) is 0. The molecule has 1 aromatic rings. The third kappa shape index (κ3) is 4.51. The quantitative estimate of drug-likeness (QED) is 0.814. The Labute approximate surface area is 118 Å². The number of hydrogen-bond donors (Lipinski definition) is 2. The lowest BCUT2D eigenvalue weighted by Gasteiger charge is -2.19. The van der Waals surface area contributed by atoms with Gasteiger partial charge in [-0.1, -0.05) is 0 Å². The van der Waals surface area contributed by atoms with Crippen LogP contribution in [0.3, 0.4) is 0 Å². The maximum atomic E-state index is 5.28. The van der Waals surface area contributed by atoms with E-state index in [1.54, 1.807) is 18.4 Å². The Morgan fingerprint density at radius 3 is 2.56 bits per heavy atom. The van der Waals surface area contributed by atoms with Crippen molar-refractivity contribution in [2.45, 2.75) is 39.8 Å². The standard InChI is InChI=1S/C12H21N3OS2/c1-7(6-16-5)13-12(17)15-9(3)11-8(2)14-10(4)18-11/h7,9H,6H2,1-5H3,(H2,13,15,17).